The van der Waals surface area contributed by atoms with Crippen molar-refractivity contribution in [1.29, 1.82) is 0 Å². The lowest BCUT2D eigenvalue weighted by Crippen LogP contribution is -2.45. The smallest absolute Gasteiger partial charge is 0.317 e. The van der Waals surface area contributed by atoms with Gasteiger partial charge in [0.2, 0.25) is 0 Å². The minimum Gasteiger partial charge on any atom is -0.337 e. The second kappa shape index (κ2) is 8.47. The first kappa shape index (κ1) is 17.9. The normalized spacial score (nSPS) is 16.8. The van der Waals surface area contributed by atoms with E-state index >= 15 is 0 Å². The number of aryl methyl sites for hydroxylation is 2. The molecule has 1 fully saturated rings. The first-order valence-corrected chi connectivity index (χ1v) is 9.92. The Balaban J connectivity index is 1.36. The number of thiazole rings is 1. The molecule has 0 aromatic carbocycles. The van der Waals surface area contributed by atoms with Crippen LogP contribution in [-0.2, 0) is 6.54 Å². The van der Waals surface area contributed by atoms with Crippen LogP contribution in [0.3, 0.4) is 0 Å². The highest BCUT2D eigenvalue weighted by atomic mass is 32.1. The van der Waals surface area contributed by atoms with Crippen molar-refractivity contribution < 1.29 is 4.79 Å². The summed E-state index contributed by atoms with van der Waals surface area (Å²) < 4.78 is 1.99. The van der Waals surface area contributed by atoms with Crippen molar-refractivity contribution in [2.75, 3.05) is 19.6 Å². The van der Waals surface area contributed by atoms with Gasteiger partial charge >= 0.3 is 6.03 Å². The Morgan fingerprint density at radius 3 is 2.88 bits per heavy atom. The number of urea groups is 1. The standard InChI is InChI=1S/C18H27N5OS/c1-14(17-21-15(2)13-25-17)12-19-18(24)22-9-4-16(5-10-22)6-11-23-8-3-7-20-23/h3,7-8,13-14,16H,4-6,9-12H2,1-2H3,(H,19,24). The summed E-state index contributed by atoms with van der Waals surface area (Å²) >= 11 is 1.67. The maximum absolute atomic E-state index is 12.4. The zero-order valence-corrected chi connectivity index (χ0v) is 15.8. The number of nitrogens with zero attached hydrogens (tertiary/aromatic N) is 4. The monoisotopic (exact) mass is 361 g/mol. The molecule has 0 spiro atoms. The van der Waals surface area contributed by atoms with Gasteiger partial charge in [0.05, 0.1) is 5.01 Å². The summed E-state index contributed by atoms with van der Waals surface area (Å²) in [6, 6.07) is 2.02. The average molecular weight is 362 g/mol. The summed E-state index contributed by atoms with van der Waals surface area (Å²) in [5, 5.41) is 10.5. The molecule has 0 bridgehead atoms. The fraction of sp³-hybridized carbons (Fsp3) is 0.611. The van der Waals surface area contributed by atoms with E-state index in [1.165, 1.54) is 0 Å². The highest BCUT2D eigenvalue weighted by Crippen LogP contribution is 2.22. The average Bonchev–Trinajstić information content (AvgIpc) is 3.29. The molecular formula is C18H27N5OS. The van der Waals surface area contributed by atoms with Crippen molar-refractivity contribution in [3.8, 4) is 0 Å². The molecule has 0 radical (unpaired) electrons. The second-order valence-corrected chi connectivity index (χ2v) is 7.79. The van der Waals surface area contributed by atoms with E-state index in [0.717, 1.165) is 49.6 Å². The molecule has 25 heavy (non-hydrogen) atoms. The third-order valence-electron chi connectivity index (χ3n) is 4.85. The SMILES string of the molecule is Cc1csc(C(C)CNC(=O)N2CCC(CCn3cccn3)CC2)n1. The molecule has 1 aliphatic rings. The van der Waals surface area contributed by atoms with E-state index in [1.807, 2.05) is 35.0 Å². The number of carbonyl (C=O) groups excluding carboxylic acids is 1. The fourth-order valence-corrected chi connectivity index (χ4v) is 4.07. The van der Waals surface area contributed by atoms with Gasteiger partial charge in [-0.05, 0) is 38.2 Å². The Labute approximate surface area is 153 Å². The number of hydrogen-bond acceptors (Lipinski definition) is 4. The molecule has 2 aromatic heterocycles. The first-order chi connectivity index (χ1) is 12.1. The maximum Gasteiger partial charge on any atom is 0.317 e. The quantitative estimate of drug-likeness (QED) is 0.859. The molecule has 7 heteroatoms. The Morgan fingerprint density at radius 2 is 2.24 bits per heavy atom. The van der Waals surface area contributed by atoms with E-state index in [9.17, 15) is 4.79 Å². The van der Waals surface area contributed by atoms with Gasteiger partial charge in [0, 0.05) is 55.6 Å². The molecule has 0 saturated carbocycles. The van der Waals surface area contributed by atoms with E-state index in [4.69, 9.17) is 0 Å². The molecular weight excluding hydrogens is 334 g/mol. The number of carbonyl (C=O) groups is 1. The third-order valence-corrected chi connectivity index (χ3v) is 6.04. The van der Waals surface area contributed by atoms with Crippen LogP contribution < -0.4 is 5.32 Å². The summed E-state index contributed by atoms with van der Waals surface area (Å²) in [6.07, 6.45) is 7.12. The van der Waals surface area contributed by atoms with Gasteiger partial charge in [0.1, 0.15) is 0 Å². The molecule has 1 atom stereocenters. The van der Waals surface area contributed by atoms with Crippen LogP contribution in [0, 0.1) is 12.8 Å². The van der Waals surface area contributed by atoms with Gasteiger partial charge in [-0.1, -0.05) is 6.92 Å². The van der Waals surface area contributed by atoms with Crippen LogP contribution in [0.2, 0.25) is 0 Å². The number of aromatic nitrogens is 3. The summed E-state index contributed by atoms with van der Waals surface area (Å²) in [5.41, 5.74) is 1.05. The molecule has 3 heterocycles. The third kappa shape index (κ3) is 5.04. The molecule has 2 aromatic rings. The van der Waals surface area contributed by atoms with Gasteiger partial charge in [0.25, 0.3) is 0 Å². The summed E-state index contributed by atoms with van der Waals surface area (Å²) in [6.45, 7) is 7.42. The zero-order chi connectivity index (χ0) is 17.6. The molecule has 136 valence electrons. The Morgan fingerprint density at radius 1 is 1.44 bits per heavy atom. The molecule has 1 N–H and O–H groups in total. The summed E-state index contributed by atoms with van der Waals surface area (Å²) in [4.78, 5) is 18.8. The van der Waals surface area contributed by atoms with E-state index in [2.05, 4.69) is 27.7 Å². The minimum absolute atomic E-state index is 0.0608. The molecule has 0 aliphatic carbocycles. The topological polar surface area (TPSA) is 63.1 Å². The first-order valence-electron chi connectivity index (χ1n) is 9.04. The van der Waals surface area contributed by atoms with Gasteiger partial charge in [-0.25, -0.2) is 9.78 Å². The predicted octanol–water partition coefficient (Wildman–Crippen LogP) is 3.26. The molecule has 1 saturated heterocycles. The summed E-state index contributed by atoms with van der Waals surface area (Å²) in [5.74, 6) is 0.944. The largest absolute Gasteiger partial charge is 0.337 e. The Kier molecular flexibility index (Phi) is 6.07. The van der Waals surface area contributed by atoms with Gasteiger partial charge in [-0.15, -0.1) is 11.3 Å². The highest BCUT2D eigenvalue weighted by molar-refractivity contribution is 7.09. The van der Waals surface area contributed by atoms with E-state index in [0.29, 0.717) is 12.5 Å². The van der Waals surface area contributed by atoms with Crippen molar-refractivity contribution in [2.24, 2.45) is 5.92 Å². The predicted molar refractivity (Wildman–Crippen MR) is 99.8 cm³/mol. The van der Waals surface area contributed by atoms with Crippen molar-refractivity contribution >= 4 is 17.4 Å². The second-order valence-electron chi connectivity index (χ2n) is 6.90. The lowest BCUT2D eigenvalue weighted by molar-refractivity contribution is 0.166. The highest BCUT2D eigenvalue weighted by Gasteiger charge is 2.23. The summed E-state index contributed by atoms with van der Waals surface area (Å²) in [7, 11) is 0. The van der Waals surface area contributed by atoms with Crippen LogP contribution >= 0.6 is 11.3 Å². The van der Waals surface area contributed by atoms with Crippen LogP contribution in [0.1, 0.15) is 42.8 Å². The maximum atomic E-state index is 12.4. The van der Waals surface area contributed by atoms with Crippen LogP contribution in [0.5, 0.6) is 0 Å². The van der Waals surface area contributed by atoms with Gasteiger partial charge in [-0.3, -0.25) is 4.68 Å². The van der Waals surface area contributed by atoms with Crippen molar-refractivity contribution in [3.63, 3.8) is 0 Å². The van der Waals surface area contributed by atoms with E-state index in [1.54, 1.807) is 11.3 Å². The van der Waals surface area contributed by atoms with Crippen molar-refractivity contribution in [3.05, 3.63) is 34.5 Å². The van der Waals surface area contributed by atoms with Crippen LogP contribution in [0.4, 0.5) is 4.79 Å². The number of rotatable bonds is 6. The van der Waals surface area contributed by atoms with E-state index in [-0.39, 0.29) is 11.9 Å². The lowest BCUT2D eigenvalue weighted by atomic mass is 9.94. The van der Waals surface area contributed by atoms with Crippen molar-refractivity contribution in [1.82, 2.24) is 25.0 Å². The number of hydrogen-bond donors (Lipinski definition) is 1. The Hall–Kier alpha value is -1.89. The van der Waals surface area contributed by atoms with Crippen molar-refractivity contribution in [2.45, 2.75) is 45.6 Å². The van der Waals surface area contributed by atoms with Crippen LogP contribution in [0.25, 0.3) is 0 Å². The fourth-order valence-electron chi connectivity index (χ4n) is 3.21. The van der Waals surface area contributed by atoms with E-state index < -0.39 is 0 Å². The van der Waals surface area contributed by atoms with Crippen LogP contribution in [0.15, 0.2) is 23.8 Å². The molecule has 2 amide bonds. The number of likely N-dealkylation sites (tertiary alicyclic amines) is 1. The molecule has 1 unspecified atom stereocenters. The van der Waals surface area contributed by atoms with Gasteiger partial charge in [-0.2, -0.15) is 5.10 Å². The molecule has 3 rings (SSSR count). The molecule has 1 aliphatic heterocycles. The Bertz CT molecular complexity index is 661. The number of amides is 2. The number of piperidine rings is 1. The van der Waals surface area contributed by atoms with Gasteiger partial charge < -0.3 is 10.2 Å². The van der Waals surface area contributed by atoms with Crippen LogP contribution in [-0.4, -0.2) is 45.3 Å². The van der Waals surface area contributed by atoms with Gasteiger partial charge in [0.15, 0.2) is 0 Å². The lowest BCUT2D eigenvalue weighted by Gasteiger charge is -2.32. The minimum atomic E-state index is 0.0608. The number of nitrogens with one attached hydrogen (secondary N) is 1. The molecule has 6 nitrogen and oxygen atoms in total. The zero-order valence-electron chi connectivity index (χ0n) is 15.0.